The van der Waals surface area contributed by atoms with Crippen LogP contribution in [0.2, 0.25) is 0 Å². The van der Waals surface area contributed by atoms with Crippen molar-refractivity contribution in [1.29, 1.82) is 0 Å². The minimum absolute atomic E-state index is 0.163. The van der Waals surface area contributed by atoms with Crippen molar-refractivity contribution < 1.29 is 23.7 Å². The number of fused-ring (bicyclic) bond motifs is 2. The number of amides is 1. The summed E-state index contributed by atoms with van der Waals surface area (Å²) >= 11 is 1.25. The second-order valence-corrected chi connectivity index (χ2v) is 7.15. The van der Waals surface area contributed by atoms with Crippen molar-refractivity contribution in [3.8, 4) is 23.0 Å². The Morgan fingerprint density at radius 2 is 1.72 bits per heavy atom. The summed E-state index contributed by atoms with van der Waals surface area (Å²) in [5.74, 6) is 2.69. The third kappa shape index (κ3) is 3.76. The molecule has 3 aromatic rings. The van der Waals surface area contributed by atoms with Crippen molar-refractivity contribution >= 4 is 23.4 Å². The van der Waals surface area contributed by atoms with Crippen molar-refractivity contribution in [3.05, 3.63) is 42.0 Å². The van der Waals surface area contributed by atoms with Crippen LogP contribution >= 0.6 is 11.8 Å². The van der Waals surface area contributed by atoms with Gasteiger partial charge in [-0.15, -0.1) is 5.10 Å². The van der Waals surface area contributed by atoms with E-state index < -0.39 is 0 Å². The van der Waals surface area contributed by atoms with Crippen molar-refractivity contribution in [2.45, 2.75) is 11.7 Å². The first-order chi connectivity index (χ1) is 14.2. The third-order valence-electron chi connectivity index (χ3n) is 4.26. The van der Waals surface area contributed by atoms with Gasteiger partial charge in [-0.3, -0.25) is 4.79 Å². The highest BCUT2D eigenvalue weighted by Gasteiger charge is 2.17. The Morgan fingerprint density at radius 1 is 1.00 bits per heavy atom. The van der Waals surface area contributed by atoms with Crippen molar-refractivity contribution in [2.24, 2.45) is 0 Å². The monoisotopic (exact) mass is 413 g/mol. The van der Waals surface area contributed by atoms with Crippen LogP contribution in [-0.2, 0) is 11.3 Å². The molecule has 2 aliphatic heterocycles. The zero-order valence-corrected chi connectivity index (χ0v) is 15.8. The lowest BCUT2D eigenvalue weighted by molar-refractivity contribution is -0.113. The van der Waals surface area contributed by atoms with E-state index in [9.17, 15) is 4.79 Å². The van der Waals surface area contributed by atoms with Gasteiger partial charge in [-0.2, -0.15) is 0 Å². The number of carbonyl (C=O) groups is 1. The maximum Gasteiger partial charge on any atom is 0.234 e. The van der Waals surface area contributed by atoms with E-state index in [2.05, 4.69) is 20.8 Å². The van der Waals surface area contributed by atoms with E-state index in [0.717, 1.165) is 11.3 Å². The van der Waals surface area contributed by atoms with E-state index in [1.165, 1.54) is 11.8 Å². The molecule has 0 spiro atoms. The standard InChI is InChI=1S/C18H15N5O5S/c24-17(19-12-2-4-14-16(6-12)28-10-26-14)8-29-18-20-21-22-23(18)7-11-1-3-13-15(5-11)27-9-25-13/h1-6H,7-10H2,(H,19,24). The molecule has 1 aromatic heterocycles. The third-order valence-corrected chi connectivity index (χ3v) is 5.21. The zero-order chi connectivity index (χ0) is 19.6. The van der Waals surface area contributed by atoms with E-state index in [1.54, 1.807) is 22.9 Å². The van der Waals surface area contributed by atoms with Crippen LogP contribution in [-0.4, -0.2) is 45.5 Å². The van der Waals surface area contributed by atoms with Crippen LogP contribution in [0.25, 0.3) is 0 Å². The number of rotatable bonds is 6. The van der Waals surface area contributed by atoms with Gasteiger partial charge >= 0.3 is 0 Å². The van der Waals surface area contributed by atoms with Crippen LogP contribution in [0, 0.1) is 0 Å². The second kappa shape index (κ2) is 7.51. The number of tetrazole rings is 1. The van der Waals surface area contributed by atoms with Gasteiger partial charge in [0.15, 0.2) is 23.0 Å². The summed E-state index contributed by atoms with van der Waals surface area (Å²) in [5, 5.41) is 15.1. The van der Waals surface area contributed by atoms with Gasteiger partial charge in [0.25, 0.3) is 0 Å². The molecule has 1 N–H and O–H groups in total. The lowest BCUT2D eigenvalue weighted by Crippen LogP contribution is -2.14. The topological polar surface area (TPSA) is 110 Å². The molecule has 1 amide bonds. The van der Waals surface area contributed by atoms with E-state index in [-0.39, 0.29) is 25.2 Å². The molecular formula is C18H15N5O5S. The normalized spacial score (nSPS) is 13.5. The van der Waals surface area contributed by atoms with Crippen molar-refractivity contribution in [1.82, 2.24) is 20.2 Å². The van der Waals surface area contributed by atoms with Gasteiger partial charge in [-0.1, -0.05) is 17.8 Å². The maximum absolute atomic E-state index is 12.3. The maximum atomic E-state index is 12.3. The highest BCUT2D eigenvalue weighted by Crippen LogP contribution is 2.34. The van der Waals surface area contributed by atoms with Crippen LogP contribution in [0.3, 0.4) is 0 Å². The summed E-state index contributed by atoms with van der Waals surface area (Å²) in [6, 6.07) is 10.9. The highest BCUT2D eigenvalue weighted by atomic mass is 32.2. The quantitative estimate of drug-likeness (QED) is 0.606. The number of carbonyl (C=O) groups excluding carboxylic acids is 1. The molecule has 29 heavy (non-hydrogen) atoms. The van der Waals surface area contributed by atoms with E-state index >= 15 is 0 Å². The first-order valence-electron chi connectivity index (χ1n) is 8.71. The minimum atomic E-state index is -0.175. The summed E-state index contributed by atoms with van der Waals surface area (Å²) in [5.41, 5.74) is 1.60. The first kappa shape index (κ1) is 17.6. The van der Waals surface area contributed by atoms with Crippen LogP contribution in [0.4, 0.5) is 5.69 Å². The van der Waals surface area contributed by atoms with Crippen LogP contribution in [0.15, 0.2) is 41.6 Å². The Labute approximate surface area is 169 Å². The minimum Gasteiger partial charge on any atom is -0.454 e. The lowest BCUT2D eigenvalue weighted by atomic mass is 10.2. The largest absolute Gasteiger partial charge is 0.454 e. The number of anilines is 1. The molecule has 0 bridgehead atoms. The Morgan fingerprint density at radius 3 is 2.55 bits per heavy atom. The van der Waals surface area contributed by atoms with Crippen molar-refractivity contribution in [3.63, 3.8) is 0 Å². The molecule has 2 aromatic carbocycles. The molecule has 0 saturated heterocycles. The van der Waals surface area contributed by atoms with Gasteiger partial charge in [0.2, 0.25) is 24.6 Å². The van der Waals surface area contributed by atoms with E-state index in [0.29, 0.717) is 34.6 Å². The van der Waals surface area contributed by atoms with Crippen LogP contribution < -0.4 is 24.3 Å². The number of nitrogens with zero attached hydrogens (tertiary/aromatic N) is 4. The van der Waals surface area contributed by atoms with E-state index in [4.69, 9.17) is 18.9 Å². The smallest absolute Gasteiger partial charge is 0.234 e. The molecule has 2 aliphatic rings. The van der Waals surface area contributed by atoms with Gasteiger partial charge in [0.05, 0.1) is 12.3 Å². The predicted octanol–water partition coefficient (Wildman–Crippen LogP) is 1.91. The summed E-state index contributed by atoms with van der Waals surface area (Å²) in [7, 11) is 0. The second-order valence-electron chi connectivity index (χ2n) is 6.21. The Kier molecular flexibility index (Phi) is 4.56. The fourth-order valence-corrected chi connectivity index (χ4v) is 3.59. The van der Waals surface area contributed by atoms with Gasteiger partial charge in [-0.05, 0) is 40.3 Å². The first-order valence-corrected chi connectivity index (χ1v) is 9.70. The highest BCUT2D eigenvalue weighted by molar-refractivity contribution is 7.99. The zero-order valence-electron chi connectivity index (χ0n) is 15.0. The fourth-order valence-electron chi connectivity index (χ4n) is 2.91. The number of nitrogens with one attached hydrogen (secondary N) is 1. The number of hydrogen-bond donors (Lipinski definition) is 1. The summed E-state index contributed by atoms with van der Waals surface area (Å²) in [4.78, 5) is 12.3. The molecule has 0 unspecified atom stereocenters. The molecule has 5 rings (SSSR count). The summed E-state index contributed by atoms with van der Waals surface area (Å²) < 4.78 is 22.9. The molecule has 11 heteroatoms. The molecule has 0 fully saturated rings. The molecule has 0 atom stereocenters. The Bertz CT molecular complexity index is 1070. The Balaban J connectivity index is 1.19. The molecular weight excluding hydrogens is 398 g/mol. The molecule has 148 valence electrons. The number of aromatic nitrogens is 4. The predicted molar refractivity (Wildman–Crippen MR) is 101 cm³/mol. The number of ether oxygens (including phenoxy) is 4. The van der Waals surface area contributed by atoms with Crippen LogP contribution in [0.1, 0.15) is 5.56 Å². The molecule has 10 nitrogen and oxygen atoms in total. The average molecular weight is 413 g/mol. The van der Waals surface area contributed by atoms with E-state index in [1.807, 2.05) is 18.2 Å². The summed E-state index contributed by atoms with van der Waals surface area (Å²) in [6.07, 6.45) is 0. The van der Waals surface area contributed by atoms with Gasteiger partial charge < -0.3 is 24.3 Å². The molecule has 0 aliphatic carbocycles. The molecule has 3 heterocycles. The lowest BCUT2D eigenvalue weighted by Gasteiger charge is -2.07. The molecule has 0 radical (unpaired) electrons. The van der Waals surface area contributed by atoms with Gasteiger partial charge in [0.1, 0.15) is 0 Å². The van der Waals surface area contributed by atoms with Crippen molar-refractivity contribution in [2.75, 3.05) is 24.7 Å². The SMILES string of the molecule is O=C(CSc1nnnn1Cc1ccc2c(c1)OCO2)Nc1ccc2c(c1)OCO2. The van der Waals surface area contributed by atoms with Crippen LogP contribution in [0.5, 0.6) is 23.0 Å². The molecule has 0 saturated carbocycles. The van der Waals surface area contributed by atoms with Gasteiger partial charge in [-0.25, -0.2) is 4.68 Å². The average Bonchev–Trinajstić information content (AvgIpc) is 3.46. The number of thioether (sulfide) groups is 1. The fraction of sp³-hybridized carbons (Fsp3) is 0.222. The summed E-state index contributed by atoms with van der Waals surface area (Å²) in [6.45, 7) is 0.869. The number of hydrogen-bond acceptors (Lipinski definition) is 9. The number of benzene rings is 2. The van der Waals surface area contributed by atoms with Gasteiger partial charge in [0, 0.05) is 11.8 Å². The Hall–Kier alpha value is -3.47.